The summed E-state index contributed by atoms with van der Waals surface area (Å²) in [5.74, 6) is -0.873. The largest absolute Gasteiger partial charge is 0.478 e. The molecule has 0 saturated carbocycles. The monoisotopic (exact) mass is 275 g/mol. The van der Waals surface area contributed by atoms with E-state index < -0.39 is 5.97 Å². The number of likely N-dealkylation sites (N-methyl/N-ethyl adjacent to an activating group) is 1. The Kier molecular flexibility index (Phi) is 4.22. The van der Waals surface area contributed by atoms with Crippen molar-refractivity contribution in [3.8, 4) is 0 Å². The molecule has 3 nitrogen and oxygen atoms in total. The van der Waals surface area contributed by atoms with Gasteiger partial charge in [-0.3, -0.25) is 0 Å². The Labute approximate surface area is 117 Å². The van der Waals surface area contributed by atoms with Crippen LogP contribution in [0.5, 0.6) is 0 Å². The molecule has 0 fully saturated rings. The lowest BCUT2D eigenvalue weighted by atomic mass is 10.1. The van der Waals surface area contributed by atoms with E-state index in [-0.39, 0.29) is 0 Å². The van der Waals surface area contributed by atoms with E-state index >= 15 is 0 Å². The van der Waals surface area contributed by atoms with Crippen LogP contribution in [0.1, 0.15) is 20.8 Å². The van der Waals surface area contributed by atoms with Crippen molar-refractivity contribution in [1.29, 1.82) is 0 Å². The maximum atomic E-state index is 11.3. The van der Waals surface area contributed by atoms with Gasteiger partial charge in [-0.2, -0.15) is 0 Å². The van der Waals surface area contributed by atoms with Crippen LogP contribution in [0.15, 0.2) is 35.7 Å². The highest BCUT2D eigenvalue weighted by Crippen LogP contribution is 2.24. The third-order valence-corrected chi connectivity index (χ3v) is 4.06. The summed E-state index contributed by atoms with van der Waals surface area (Å²) >= 11 is 1.73. The molecule has 0 spiro atoms. The number of benzene rings is 1. The Morgan fingerprint density at radius 1 is 1.32 bits per heavy atom. The number of para-hydroxylation sites is 1. The highest BCUT2D eigenvalue weighted by atomic mass is 32.1. The molecule has 1 N–H and O–H groups in total. The molecule has 0 saturated heterocycles. The molecule has 1 aromatic carbocycles. The van der Waals surface area contributed by atoms with E-state index in [1.165, 1.54) is 4.88 Å². The van der Waals surface area contributed by atoms with Crippen LogP contribution < -0.4 is 4.90 Å². The number of carboxylic acids is 1. The van der Waals surface area contributed by atoms with E-state index in [4.69, 9.17) is 0 Å². The number of hydrogen-bond donors (Lipinski definition) is 1. The van der Waals surface area contributed by atoms with E-state index in [1.807, 2.05) is 31.0 Å². The lowest BCUT2D eigenvalue weighted by Gasteiger charge is -2.23. The second-order valence-electron chi connectivity index (χ2n) is 4.53. The number of nitrogens with zero attached hydrogens (tertiary/aromatic N) is 1. The average molecular weight is 275 g/mol. The average Bonchev–Trinajstić information content (AvgIpc) is 2.88. The zero-order valence-electron chi connectivity index (χ0n) is 11.1. The zero-order valence-corrected chi connectivity index (χ0v) is 11.9. The first kappa shape index (κ1) is 13.6. The maximum absolute atomic E-state index is 11.3. The topological polar surface area (TPSA) is 40.5 Å². The van der Waals surface area contributed by atoms with Crippen molar-refractivity contribution in [1.82, 2.24) is 0 Å². The molecule has 0 aliphatic heterocycles. The third kappa shape index (κ3) is 3.15. The molecular weight excluding hydrogens is 258 g/mol. The van der Waals surface area contributed by atoms with Crippen LogP contribution in [0.25, 0.3) is 0 Å². The molecule has 0 aliphatic carbocycles. The molecule has 0 amide bonds. The molecule has 0 unspecified atom stereocenters. The van der Waals surface area contributed by atoms with Gasteiger partial charge in [0.05, 0.1) is 11.3 Å². The summed E-state index contributed by atoms with van der Waals surface area (Å²) in [6, 6.07) is 9.54. The van der Waals surface area contributed by atoms with E-state index in [9.17, 15) is 9.90 Å². The van der Waals surface area contributed by atoms with Crippen molar-refractivity contribution in [3.05, 3.63) is 51.7 Å². The maximum Gasteiger partial charge on any atom is 0.337 e. The molecular formula is C15H17NO2S. The molecule has 1 heterocycles. The smallest absolute Gasteiger partial charge is 0.337 e. The zero-order chi connectivity index (χ0) is 13.8. The van der Waals surface area contributed by atoms with Crippen molar-refractivity contribution < 1.29 is 9.90 Å². The quantitative estimate of drug-likeness (QED) is 0.908. The summed E-state index contributed by atoms with van der Waals surface area (Å²) in [7, 11) is 1.95. The van der Waals surface area contributed by atoms with Crippen molar-refractivity contribution in [2.24, 2.45) is 0 Å². The summed E-state index contributed by atoms with van der Waals surface area (Å²) in [5.41, 5.74) is 2.17. The fraction of sp³-hybridized carbons (Fsp3) is 0.267. The highest BCUT2D eigenvalue weighted by Gasteiger charge is 2.15. The minimum Gasteiger partial charge on any atom is -0.478 e. The highest BCUT2D eigenvalue weighted by molar-refractivity contribution is 7.09. The third-order valence-electron chi connectivity index (χ3n) is 3.12. The number of hydrogen-bond acceptors (Lipinski definition) is 3. The summed E-state index contributed by atoms with van der Waals surface area (Å²) in [6.07, 6.45) is 0.932. The van der Waals surface area contributed by atoms with Crippen LogP contribution in [-0.2, 0) is 6.42 Å². The number of aryl methyl sites for hydroxylation is 1. The minimum atomic E-state index is -0.873. The fourth-order valence-corrected chi connectivity index (χ4v) is 2.88. The summed E-state index contributed by atoms with van der Waals surface area (Å²) in [4.78, 5) is 14.6. The first-order valence-electron chi connectivity index (χ1n) is 6.16. The van der Waals surface area contributed by atoms with Gasteiger partial charge in [-0.25, -0.2) is 4.79 Å². The van der Waals surface area contributed by atoms with Gasteiger partial charge < -0.3 is 10.0 Å². The molecule has 0 bridgehead atoms. The molecule has 2 rings (SSSR count). The van der Waals surface area contributed by atoms with Gasteiger partial charge in [0.25, 0.3) is 0 Å². The molecule has 1 aromatic heterocycles. The van der Waals surface area contributed by atoms with Crippen molar-refractivity contribution in [2.45, 2.75) is 13.3 Å². The molecule has 4 heteroatoms. The van der Waals surface area contributed by atoms with Gasteiger partial charge in [-0.05, 0) is 36.4 Å². The molecule has 0 aliphatic rings. The molecule has 2 aromatic rings. The van der Waals surface area contributed by atoms with E-state index in [1.54, 1.807) is 23.5 Å². The minimum absolute atomic E-state index is 0.369. The van der Waals surface area contributed by atoms with Gasteiger partial charge >= 0.3 is 5.97 Å². The van der Waals surface area contributed by atoms with Gasteiger partial charge in [-0.1, -0.05) is 18.2 Å². The Bertz CT molecular complexity index is 564. The van der Waals surface area contributed by atoms with E-state index in [2.05, 4.69) is 11.4 Å². The Morgan fingerprint density at radius 2 is 2.11 bits per heavy atom. The predicted molar refractivity (Wildman–Crippen MR) is 79.4 cm³/mol. The number of aromatic carboxylic acids is 1. The predicted octanol–water partition coefficient (Wildman–Crippen LogP) is 3.43. The van der Waals surface area contributed by atoms with E-state index in [0.717, 1.165) is 24.2 Å². The van der Waals surface area contributed by atoms with Gasteiger partial charge in [0, 0.05) is 18.5 Å². The molecule has 0 atom stereocenters. The lowest BCUT2D eigenvalue weighted by Crippen LogP contribution is -2.23. The molecule has 0 radical (unpaired) electrons. The van der Waals surface area contributed by atoms with Crippen LogP contribution in [0, 0.1) is 6.92 Å². The second kappa shape index (κ2) is 5.89. The number of carboxylic acid groups (broad SMARTS) is 1. The van der Waals surface area contributed by atoms with Crippen molar-refractivity contribution in [2.75, 3.05) is 18.5 Å². The lowest BCUT2D eigenvalue weighted by molar-refractivity contribution is 0.0697. The van der Waals surface area contributed by atoms with Gasteiger partial charge in [-0.15, -0.1) is 11.3 Å². The second-order valence-corrected chi connectivity index (χ2v) is 5.56. The van der Waals surface area contributed by atoms with Crippen LogP contribution >= 0.6 is 11.3 Å². The van der Waals surface area contributed by atoms with Crippen LogP contribution in [0.2, 0.25) is 0 Å². The van der Waals surface area contributed by atoms with Gasteiger partial charge in [0.2, 0.25) is 0 Å². The molecule has 19 heavy (non-hydrogen) atoms. The summed E-state index contributed by atoms with van der Waals surface area (Å²) < 4.78 is 0. The number of thiophene rings is 1. The first-order chi connectivity index (χ1) is 9.09. The van der Waals surface area contributed by atoms with Crippen LogP contribution in [0.4, 0.5) is 5.69 Å². The SMILES string of the molecule is Cc1cccc(C(=O)O)c1N(C)CCc1cccs1. The van der Waals surface area contributed by atoms with Crippen molar-refractivity contribution in [3.63, 3.8) is 0 Å². The Morgan fingerprint density at radius 3 is 2.74 bits per heavy atom. The van der Waals surface area contributed by atoms with E-state index in [0.29, 0.717) is 5.56 Å². The van der Waals surface area contributed by atoms with Crippen LogP contribution in [-0.4, -0.2) is 24.7 Å². The number of carbonyl (C=O) groups is 1. The summed E-state index contributed by atoms with van der Waals surface area (Å²) in [6.45, 7) is 2.76. The Hall–Kier alpha value is -1.81. The normalized spacial score (nSPS) is 10.4. The van der Waals surface area contributed by atoms with Crippen molar-refractivity contribution >= 4 is 23.0 Å². The van der Waals surface area contributed by atoms with Crippen LogP contribution in [0.3, 0.4) is 0 Å². The number of rotatable bonds is 5. The molecule has 100 valence electrons. The number of anilines is 1. The standard InChI is InChI=1S/C15H17NO2S/c1-11-5-3-7-13(15(17)18)14(11)16(2)9-8-12-6-4-10-19-12/h3-7,10H,8-9H2,1-2H3,(H,17,18). The summed E-state index contributed by atoms with van der Waals surface area (Å²) in [5, 5.41) is 11.3. The Balaban J connectivity index is 2.18. The van der Waals surface area contributed by atoms with Gasteiger partial charge in [0.15, 0.2) is 0 Å². The first-order valence-corrected chi connectivity index (χ1v) is 7.04. The fourth-order valence-electron chi connectivity index (χ4n) is 2.18. The van der Waals surface area contributed by atoms with Gasteiger partial charge in [0.1, 0.15) is 0 Å².